The van der Waals surface area contributed by atoms with E-state index >= 15 is 0 Å². The summed E-state index contributed by atoms with van der Waals surface area (Å²) < 4.78 is 0. The molecule has 184 valence electrons. The summed E-state index contributed by atoms with van der Waals surface area (Å²) in [7, 11) is 0. The summed E-state index contributed by atoms with van der Waals surface area (Å²) in [4.78, 5) is 42.4. The summed E-state index contributed by atoms with van der Waals surface area (Å²) in [5.41, 5.74) is 6.59. The van der Waals surface area contributed by atoms with Crippen molar-refractivity contribution >= 4 is 35.3 Å². The van der Waals surface area contributed by atoms with Crippen molar-refractivity contribution in [2.24, 2.45) is 0 Å². The summed E-state index contributed by atoms with van der Waals surface area (Å²) in [6.07, 6.45) is 3.71. The second-order valence-corrected chi connectivity index (χ2v) is 10.6. The second kappa shape index (κ2) is 8.99. The molecule has 0 aromatic heterocycles. The van der Waals surface area contributed by atoms with Crippen molar-refractivity contribution in [3.05, 3.63) is 63.7 Å². The maximum Gasteiger partial charge on any atom is 0.335 e. The molecule has 0 radical (unpaired) electrons. The molecule has 4 amide bonds. The van der Waals surface area contributed by atoms with Crippen LogP contribution in [-0.2, 0) is 9.59 Å². The molecule has 6 nitrogen and oxygen atoms in total. The lowest BCUT2D eigenvalue weighted by Crippen LogP contribution is -2.54. The standard InChI is InChI=1S/C29H35N3O3/c1-8-9-31-25-13-19(4)21(14-23(25)20(5)16-29(31,6)7)15-24-26(33)30-28(35)32(27(24)34)22-11-17(2)10-18(3)12-22/h10-15,20H,8-9,16H2,1-7H3,(H,30,33,35)/b24-15-. The Morgan fingerprint density at radius 2 is 1.69 bits per heavy atom. The average molecular weight is 474 g/mol. The predicted octanol–water partition coefficient (Wildman–Crippen LogP) is 5.78. The number of benzene rings is 2. The fourth-order valence-corrected chi connectivity index (χ4v) is 5.58. The van der Waals surface area contributed by atoms with Crippen LogP contribution in [0, 0.1) is 20.8 Å². The van der Waals surface area contributed by atoms with Crippen molar-refractivity contribution in [2.75, 3.05) is 16.3 Å². The highest BCUT2D eigenvalue weighted by molar-refractivity contribution is 6.39. The number of barbiturate groups is 1. The number of hydrogen-bond donors (Lipinski definition) is 1. The highest BCUT2D eigenvalue weighted by Gasteiger charge is 2.38. The third kappa shape index (κ3) is 4.49. The first-order valence-corrected chi connectivity index (χ1v) is 12.3. The third-order valence-corrected chi connectivity index (χ3v) is 7.09. The van der Waals surface area contributed by atoms with E-state index in [2.05, 4.69) is 50.0 Å². The number of nitrogens with zero attached hydrogens (tertiary/aromatic N) is 2. The molecule has 0 spiro atoms. The van der Waals surface area contributed by atoms with Gasteiger partial charge in [-0.05, 0) is 112 Å². The summed E-state index contributed by atoms with van der Waals surface area (Å²) in [5, 5.41) is 2.34. The monoisotopic (exact) mass is 473 g/mol. The van der Waals surface area contributed by atoms with Gasteiger partial charge in [-0.1, -0.05) is 19.9 Å². The van der Waals surface area contributed by atoms with Gasteiger partial charge >= 0.3 is 6.03 Å². The van der Waals surface area contributed by atoms with Crippen LogP contribution in [0.5, 0.6) is 0 Å². The number of carbonyl (C=O) groups excluding carboxylic acids is 3. The van der Waals surface area contributed by atoms with Gasteiger partial charge in [-0.3, -0.25) is 14.9 Å². The highest BCUT2D eigenvalue weighted by Crippen LogP contribution is 2.44. The van der Waals surface area contributed by atoms with E-state index in [0.29, 0.717) is 11.6 Å². The van der Waals surface area contributed by atoms with E-state index in [4.69, 9.17) is 0 Å². The predicted molar refractivity (Wildman–Crippen MR) is 141 cm³/mol. The van der Waals surface area contributed by atoms with Gasteiger partial charge in [0.2, 0.25) is 0 Å². The van der Waals surface area contributed by atoms with Gasteiger partial charge < -0.3 is 4.90 Å². The van der Waals surface area contributed by atoms with Gasteiger partial charge in [-0.25, -0.2) is 9.69 Å². The molecular weight excluding hydrogens is 438 g/mol. The van der Waals surface area contributed by atoms with Crippen molar-refractivity contribution in [2.45, 2.75) is 72.8 Å². The Bertz CT molecular complexity index is 1240. The van der Waals surface area contributed by atoms with Gasteiger partial charge in [0.1, 0.15) is 5.57 Å². The van der Waals surface area contributed by atoms with Crippen molar-refractivity contribution in [1.29, 1.82) is 0 Å². The highest BCUT2D eigenvalue weighted by atomic mass is 16.2. The average Bonchev–Trinajstić information content (AvgIpc) is 2.73. The third-order valence-electron chi connectivity index (χ3n) is 7.09. The van der Waals surface area contributed by atoms with E-state index < -0.39 is 17.8 Å². The summed E-state index contributed by atoms with van der Waals surface area (Å²) >= 11 is 0. The van der Waals surface area contributed by atoms with Gasteiger partial charge in [-0.2, -0.15) is 0 Å². The van der Waals surface area contributed by atoms with Crippen molar-refractivity contribution < 1.29 is 14.4 Å². The van der Waals surface area contributed by atoms with Crippen LogP contribution in [0.2, 0.25) is 0 Å². The maximum absolute atomic E-state index is 13.4. The molecule has 0 saturated carbocycles. The van der Waals surface area contributed by atoms with Crippen LogP contribution < -0.4 is 15.1 Å². The molecule has 1 fully saturated rings. The zero-order valence-electron chi connectivity index (χ0n) is 21.8. The van der Waals surface area contributed by atoms with Crippen LogP contribution in [0.25, 0.3) is 6.08 Å². The molecule has 1 atom stereocenters. The Morgan fingerprint density at radius 3 is 2.31 bits per heavy atom. The molecule has 4 rings (SSSR count). The Hall–Kier alpha value is -3.41. The number of hydrogen-bond acceptors (Lipinski definition) is 4. The number of nitrogens with one attached hydrogen (secondary N) is 1. The Balaban J connectivity index is 1.78. The second-order valence-electron chi connectivity index (χ2n) is 10.6. The first kappa shape index (κ1) is 24.7. The number of fused-ring (bicyclic) bond motifs is 1. The molecule has 2 aliphatic heterocycles. The van der Waals surface area contributed by atoms with Crippen molar-refractivity contribution in [1.82, 2.24) is 5.32 Å². The van der Waals surface area contributed by atoms with Crippen LogP contribution >= 0.6 is 0 Å². The molecular formula is C29H35N3O3. The zero-order chi connectivity index (χ0) is 25.7. The summed E-state index contributed by atoms with van der Waals surface area (Å²) in [5.74, 6) is -0.933. The lowest BCUT2D eigenvalue weighted by Gasteiger charge is -2.48. The van der Waals surface area contributed by atoms with E-state index in [-0.39, 0.29) is 11.1 Å². The summed E-state index contributed by atoms with van der Waals surface area (Å²) in [6, 6.07) is 9.07. The number of rotatable bonds is 4. The molecule has 2 aliphatic rings. The van der Waals surface area contributed by atoms with Crippen LogP contribution in [0.3, 0.4) is 0 Å². The number of urea groups is 1. The normalized spacial score (nSPS) is 20.8. The minimum atomic E-state index is -0.727. The zero-order valence-corrected chi connectivity index (χ0v) is 21.8. The van der Waals surface area contributed by atoms with Gasteiger partial charge in [0.05, 0.1) is 5.69 Å². The van der Waals surface area contributed by atoms with Gasteiger partial charge in [0.25, 0.3) is 11.8 Å². The van der Waals surface area contributed by atoms with E-state index in [9.17, 15) is 14.4 Å². The van der Waals surface area contributed by atoms with Gasteiger partial charge in [0.15, 0.2) is 0 Å². The topological polar surface area (TPSA) is 69.7 Å². The fraction of sp³-hybridized carbons (Fsp3) is 0.414. The minimum Gasteiger partial charge on any atom is -0.366 e. The van der Waals surface area contributed by atoms with Gasteiger partial charge in [-0.15, -0.1) is 0 Å². The van der Waals surface area contributed by atoms with Gasteiger partial charge in [0, 0.05) is 17.8 Å². The first-order valence-electron chi connectivity index (χ1n) is 12.3. The molecule has 6 heteroatoms. The number of aryl methyl sites for hydroxylation is 3. The smallest absolute Gasteiger partial charge is 0.335 e. The number of amides is 4. The maximum atomic E-state index is 13.4. The van der Waals surface area contributed by atoms with E-state index in [1.54, 1.807) is 18.2 Å². The molecule has 1 saturated heterocycles. The van der Waals surface area contributed by atoms with Crippen LogP contribution in [0.4, 0.5) is 16.2 Å². The van der Waals surface area contributed by atoms with E-state index in [1.807, 2.05) is 26.8 Å². The van der Waals surface area contributed by atoms with Crippen molar-refractivity contribution in [3.8, 4) is 0 Å². The lowest BCUT2D eigenvalue weighted by atomic mass is 9.78. The number of imide groups is 2. The van der Waals surface area contributed by atoms with Crippen molar-refractivity contribution in [3.63, 3.8) is 0 Å². The van der Waals surface area contributed by atoms with Crippen LogP contribution in [0.15, 0.2) is 35.9 Å². The quantitative estimate of drug-likeness (QED) is 0.451. The Labute approximate surface area is 208 Å². The molecule has 1 unspecified atom stereocenters. The van der Waals surface area contributed by atoms with E-state index in [1.165, 1.54) is 11.3 Å². The lowest BCUT2D eigenvalue weighted by molar-refractivity contribution is -0.122. The summed E-state index contributed by atoms with van der Waals surface area (Å²) in [6.45, 7) is 15.8. The van der Waals surface area contributed by atoms with E-state index in [0.717, 1.165) is 46.5 Å². The Morgan fingerprint density at radius 1 is 1.03 bits per heavy atom. The van der Waals surface area contributed by atoms with Crippen LogP contribution in [0.1, 0.15) is 74.3 Å². The Kier molecular flexibility index (Phi) is 6.34. The van der Waals surface area contributed by atoms with Crippen LogP contribution in [-0.4, -0.2) is 29.9 Å². The minimum absolute atomic E-state index is 0.0407. The molecule has 35 heavy (non-hydrogen) atoms. The fourth-order valence-electron chi connectivity index (χ4n) is 5.58. The first-order chi connectivity index (χ1) is 16.4. The molecule has 2 aromatic carbocycles. The SMILES string of the molecule is CCCN1c2cc(C)c(/C=C3/C(=O)NC(=O)N(c4cc(C)cc(C)c4)C3=O)cc2C(C)CC1(C)C. The molecule has 2 heterocycles. The molecule has 2 aromatic rings. The number of anilines is 2. The molecule has 0 aliphatic carbocycles. The molecule has 1 N–H and O–H groups in total. The largest absolute Gasteiger partial charge is 0.366 e. The number of carbonyl (C=O) groups is 3. The molecule has 0 bridgehead atoms.